The topological polar surface area (TPSA) is 134 Å². The van der Waals surface area contributed by atoms with E-state index in [0.717, 1.165) is 19.6 Å². The molecule has 8 nitrogen and oxygen atoms in total. The lowest BCUT2D eigenvalue weighted by molar-refractivity contribution is -0.385. The van der Waals surface area contributed by atoms with Crippen molar-refractivity contribution in [1.82, 2.24) is 0 Å². The fraction of sp³-hybridized carbons (Fsp3) is 0. The molecule has 0 radical (unpaired) electrons. The monoisotopic (exact) mass is 576 g/mol. The van der Waals surface area contributed by atoms with Gasteiger partial charge in [-0.2, -0.15) is 10.5 Å². The Hall–Kier alpha value is -3.94. The van der Waals surface area contributed by atoms with Crippen LogP contribution in [0, 0.1) is 42.9 Å². The molecule has 0 heterocycles. The SMILES string of the molecule is N#Cc1ccccc1SSc1ccccc1C#N.O=[N+]([O-])c1ccc(SSc2ccc([N+](=O)[O-])cc2)cc1. The van der Waals surface area contributed by atoms with Gasteiger partial charge in [-0.25, -0.2) is 0 Å². The Bertz CT molecular complexity index is 1390. The first-order chi connectivity index (χ1) is 18.4. The standard InChI is InChI=1S/C14H8N2S2.C12H8N2O4S2/c15-9-11-5-1-3-7-13(11)17-18-14-8-4-2-6-12(14)10-16;15-13(16)9-1-5-11(6-2-9)19-20-12-7-3-10(4-8-12)14(17)18/h1-8H;1-8H. The molecule has 0 fully saturated rings. The third-order valence-electron chi connectivity index (χ3n) is 4.57. The lowest BCUT2D eigenvalue weighted by Gasteiger charge is -2.04. The zero-order valence-electron chi connectivity index (χ0n) is 19.3. The van der Waals surface area contributed by atoms with Crippen molar-refractivity contribution in [2.24, 2.45) is 0 Å². The summed E-state index contributed by atoms with van der Waals surface area (Å²) in [5.74, 6) is 0. The second kappa shape index (κ2) is 14.7. The Morgan fingerprint density at radius 3 is 1.18 bits per heavy atom. The summed E-state index contributed by atoms with van der Waals surface area (Å²) in [5.41, 5.74) is 1.42. The van der Waals surface area contributed by atoms with Crippen LogP contribution in [0.25, 0.3) is 0 Å². The molecule has 4 aromatic carbocycles. The fourth-order valence-electron chi connectivity index (χ4n) is 2.70. The molecule has 4 rings (SSSR count). The highest BCUT2D eigenvalue weighted by Gasteiger charge is 2.08. The molecular weight excluding hydrogens is 561 g/mol. The lowest BCUT2D eigenvalue weighted by Crippen LogP contribution is -1.86. The minimum Gasteiger partial charge on any atom is -0.258 e. The summed E-state index contributed by atoms with van der Waals surface area (Å²) in [6.07, 6.45) is 0. The first-order valence-electron chi connectivity index (χ1n) is 10.6. The molecule has 0 amide bonds. The van der Waals surface area contributed by atoms with Gasteiger partial charge in [-0.05, 0) is 48.5 Å². The van der Waals surface area contributed by atoms with Crippen molar-refractivity contribution in [3.8, 4) is 12.1 Å². The van der Waals surface area contributed by atoms with Crippen LogP contribution in [0.15, 0.2) is 117 Å². The minimum absolute atomic E-state index is 0.0506. The predicted molar refractivity (Wildman–Crippen MR) is 152 cm³/mol. The molecule has 188 valence electrons. The van der Waals surface area contributed by atoms with Crippen LogP contribution >= 0.6 is 43.2 Å². The van der Waals surface area contributed by atoms with Crippen molar-refractivity contribution in [3.63, 3.8) is 0 Å². The largest absolute Gasteiger partial charge is 0.269 e. The highest BCUT2D eigenvalue weighted by Crippen LogP contribution is 2.40. The van der Waals surface area contributed by atoms with Gasteiger partial charge in [0.05, 0.1) is 21.0 Å². The van der Waals surface area contributed by atoms with Crippen LogP contribution in [-0.4, -0.2) is 9.85 Å². The van der Waals surface area contributed by atoms with E-state index in [1.54, 1.807) is 36.4 Å². The quantitative estimate of drug-likeness (QED) is 0.114. The summed E-state index contributed by atoms with van der Waals surface area (Å²) < 4.78 is 0. The van der Waals surface area contributed by atoms with Crippen LogP contribution in [0.4, 0.5) is 11.4 Å². The van der Waals surface area contributed by atoms with Crippen molar-refractivity contribution in [1.29, 1.82) is 10.5 Å². The van der Waals surface area contributed by atoms with E-state index in [1.807, 2.05) is 36.4 Å². The third-order valence-corrected chi connectivity index (χ3v) is 9.46. The molecule has 0 bridgehead atoms. The fourth-order valence-corrected chi connectivity index (χ4v) is 6.89. The molecule has 0 atom stereocenters. The zero-order valence-corrected chi connectivity index (χ0v) is 22.6. The number of hydrogen-bond acceptors (Lipinski definition) is 10. The van der Waals surface area contributed by atoms with Crippen LogP contribution in [0.3, 0.4) is 0 Å². The van der Waals surface area contributed by atoms with Gasteiger partial charge in [0.15, 0.2) is 0 Å². The summed E-state index contributed by atoms with van der Waals surface area (Å²) in [7, 11) is 5.86. The highest BCUT2D eigenvalue weighted by atomic mass is 33.1. The summed E-state index contributed by atoms with van der Waals surface area (Å²) in [4.78, 5) is 23.7. The Morgan fingerprint density at radius 2 is 0.868 bits per heavy atom. The van der Waals surface area contributed by atoms with Gasteiger partial charge in [-0.15, -0.1) is 0 Å². The summed E-state index contributed by atoms with van der Waals surface area (Å²) >= 11 is 0. The molecule has 4 aromatic rings. The summed E-state index contributed by atoms with van der Waals surface area (Å²) in [6.45, 7) is 0. The van der Waals surface area contributed by atoms with E-state index < -0.39 is 9.85 Å². The van der Waals surface area contributed by atoms with E-state index in [9.17, 15) is 20.2 Å². The third kappa shape index (κ3) is 8.57. The first kappa shape index (κ1) is 28.6. The number of hydrogen-bond donors (Lipinski definition) is 0. The summed E-state index contributed by atoms with van der Waals surface area (Å²) in [5, 5.41) is 39.0. The van der Waals surface area contributed by atoms with E-state index in [0.29, 0.717) is 11.1 Å². The number of nitriles is 2. The minimum atomic E-state index is -0.447. The molecule has 0 aliphatic carbocycles. The molecule has 0 saturated heterocycles. The number of benzene rings is 4. The lowest BCUT2D eigenvalue weighted by atomic mass is 10.2. The number of nitrogens with zero attached hydrogens (tertiary/aromatic N) is 4. The molecule has 0 N–H and O–H groups in total. The maximum absolute atomic E-state index is 10.5. The molecule has 0 saturated carbocycles. The number of nitro benzene ring substituents is 2. The normalized spacial score (nSPS) is 9.84. The Balaban J connectivity index is 0.000000212. The second-order valence-electron chi connectivity index (χ2n) is 7.05. The molecule has 12 heteroatoms. The smallest absolute Gasteiger partial charge is 0.258 e. The molecule has 0 unspecified atom stereocenters. The van der Waals surface area contributed by atoms with Crippen molar-refractivity contribution in [2.75, 3.05) is 0 Å². The molecule has 38 heavy (non-hydrogen) atoms. The van der Waals surface area contributed by atoms with E-state index in [4.69, 9.17) is 10.5 Å². The van der Waals surface area contributed by atoms with Gasteiger partial charge in [0.1, 0.15) is 12.1 Å². The molecular formula is C26H16N4O4S4. The van der Waals surface area contributed by atoms with Crippen molar-refractivity contribution < 1.29 is 9.85 Å². The number of non-ortho nitro benzene ring substituents is 2. The van der Waals surface area contributed by atoms with E-state index >= 15 is 0 Å². The van der Waals surface area contributed by atoms with E-state index in [-0.39, 0.29) is 11.4 Å². The van der Waals surface area contributed by atoms with Gasteiger partial charge in [0.25, 0.3) is 11.4 Å². The number of nitro groups is 2. The van der Waals surface area contributed by atoms with Gasteiger partial charge in [-0.3, -0.25) is 20.2 Å². The van der Waals surface area contributed by atoms with Crippen molar-refractivity contribution in [3.05, 3.63) is 128 Å². The Kier molecular flexibility index (Phi) is 11.1. The Morgan fingerprint density at radius 1 is 0.526 bits per heavy atom. The van der Waals surface area contributed by atoms with Gasteiger partial charge in [0.2, 0.25) is 0 Å². The molecule has 0 spiro atoms. The van der Waals surface area contributed by atoms with Crippen LogP contribution in [-0.2, 0) is 0 Å². The zero-order chi connectivity index (χ0) is 27.3. The van der Waals surface area contributed by atoms with Crippen LogP contribution < -0.4 is 0 Å². The average Bonchev–Trinajstić information content (AvgIpc) is 2.96. The first-order valence-corrected chi connectivity index (χ1v) is 14.9. The molecule has 0 aliphatic heterocycles. The van der Waals surface area contributed by atoms with Gasteiger partial charge in [0, 0.05) is 43.8 Å². The van der Waals surface area contributed by atoms with Crippen molar-refractivity contribution in [2.45, 2.75) is 19.6 Å². The second-order valence-corrected chi connectivity index (χ2v) is 11.5. The van der Waals surface area contributed by atoms with E-state index in [2.05, 4.69) is 12.1 Å². The molecule has 0 aromatic heterocycles. The van der Waals surface area contributed by atoms with Crippen LogP contribution in [0.2, 0.25) is 0 Å². The van der Waals surface area contributed by atoms with E-state index in [1.165, 1.54) is 67.4 Å². The Labute approximate surface area is 234 Å². The van der Waals surface area contributed by atoms with Crippen LogP contribution in [0.5, 0.6) is 0 Å². The van der Waals surface area contributed by atoms with Gasteiger partial charge >= 0.3 is 0 Å². The predicted octanol–water partition coefficient (Wildman–Crippen LogP) is 8.53. The average molecular weight is 577 g/mol. The maximum Gasteiger partial charge on any atom is 0.269 e. The van der Waals surface area contributed by atoms with Crippen LogP contribution in [0.1, 0.15) is 11.1 Å². The highest BCUT2D eigenvalue weighted by molar-refractivity contribution is 8.77. The number of rotatable bonds is 8. The van der Waals surface area contributed by atoms with Crippen molar-refractivity contribution >= 4 is 54.6 Å². The summed E-state index contributed by atoms with van der Waals surface area (Å²) in [6, 6.07) is 31.7. The van der Waals surface area contributed by atoms with Gasteiger partial charge < -0.3 is 0 Å². The van der Waals surface area contributed by atoms with Gasteiger partial charge in [-0.1, -0.05) is 67.4 Å². The molecule has 0 aliphatic rings. The maximum atomic E-state index is 10.5.